The van der Waals surface area contributed by atoms with E-state index in [0.29, 0.717) is 39.3 Å². The normalized spacial score (nSPS) is 14.7. The van der Waals surface area contributed by atoms with Crippen molar-refractivity contribution in [1.82, 2.24) is 29.8 Å². The number of rotatable bonds is 12. The molecule has 0 radical (unpaired) electrons. The number of piperidine rings is 1. The lowest BCUT2D eigenvalue weighted by atomic mass is 9.89. The first-order chi connectivity index (χ1) is 24.0. The molecule has 1 unspecified atom stereocenters. The van der Waals surface area contributed by atoms with E-state index in [1.54, 1.807) is 16.5 Å². The summed E-state index contributed by atoms with van der Waals surface area (Å²) < 4.78 is 24.2. The summed E-state index contributed by atoms with van der Waals surface area (Å²) in [6.45, 7) is 12.6. The van der Waals surface area contributed by atoms with Crippen molar-refractivity contribution in [3.8, 4) is 0 Å². The molecule has 1 fully saturated rings. The Kier molecular flexibility index (Phi) is 10.5. The van der Waals surface area contributed by atoms with E-state index in [0.717, 1.165) is 44.5 Å². The van der Waals surface area contributed by atoms with Crippen molar-refractivity contribution in [3.05, 3.63) is 87.4 Å². The van der Waals surface area contributed by atoms with E-state index in [1.165, 1.54) is 0 Å². The summed E-state index contributed by atoms with van der Waals surface area (Å²) in [4.78, 5) is 47.7. The van der Waals surface area contributed by atoms with Crippen molar-refractivity contribution in [1.29, 1.82) is 0 Å². The fourth-order valence-corrected chi connectivity index (χ4v) is 6.99. The molecule has 3 aromatic heterocycles. The number of likely N-dealkylation sites (tertiary alicyclic amines) is 1. The fraction of sp³-hybridized carbons (Fsp3) is 0.444. The molecule has 0 bridgehead atoms. The predicted molar refractivity (Wildman–Crippen MR) is 190 cm³/mol. The van der Waals surface area contributed by atoms with Gasteiger partial charge in [-0.3, -0.25) is 4.79 Å². The molecule has 1 aliphatic rings. The van der Waals surface area contributed by atoms with Gasteiger partial charge >= 0.3 is 12.1 Å². The van der Waals surface area contributed by atoms with Crippen LogP contribution in [0.3, 0.4) is 0 Å². The zero-order valence-corrected chi connectivity index (χ0v) is 30.2. The Hall–Kier alpha value is -4.82. The Morgan fingerprint density at radius 2 is 1.88 bits per heavy atom. The molecule has 14 heteroatoms. The lowest BCUT2D eigenvalue weighted by molar-refractivity contribution is 0.0415. The van der Waals surface area contributed by atoms with Crippen LogP contribution < -0.4 is 5.56 Å². The topological polar surface area (TPSA) is 155 Å². The summed E-state index contributed by atoms with van der Waals surface area (Å²) in [5.74, 6) is -0.975. The van der Waals surface area contributed by atoms with E-state index >= 15 is 0 Å². The van der Waals surface area contributed by atoms with Crippen molar-refractivity contribution in [2.45, 2.75) is 77.5 Å². The highest BCUT2D eigenvalue weighted by Crippen LogP contribution is 2.30. The molecule has 1 aliphatic heterocycles. The van der Waals surface area contributed by atoms with Gasteiger partial charge in [0.05, 0.1) is 12.1 Å². The fourth-order valence-electron chi connectivity index (χ4n) is 6.23. The summed E-state index contributed by atoms with van der Waals surface area (Å²) in [6.07, 6.45) is 1.85. The van der Waals surface area contributed by atoms with Crippen molar-refractivity contribution in [2.75, 3.05) is 26.3 Å². The molecule has 4 heterocycles. The maximum atomic E-state index is 13.6. The van der Waals surface area contributed by atoms with E-state index in [2.05, 4.69) is 34.8 Å². The lowest BCUT2D eigenvalue weighted by Crippen LogP contribution is -2.39. The first-order valence-corrected chi connectivity index (χ1v) is 20.8. The molecule has 0 aliphatic carbocycles. The Balaban J connectivity index is 1.17. The van der Waals surface area contributed by atoms with Gasteiger partial charge in [0.25, 0.3) is 17.3 Å². The zero-order chi connectivity index (χ0) is 35.4. The van der Waals surface area contributed by atoms with Gasteiger partial charge in [-0.05, 0) is 78.5 Å². The minimum absolute atomic E-state index is 0.00707. The van der Waals surface area contributed by atoms with Crippen LogP contribution in [0.1, 0.15) is 65.0 Å². The predicted octanol–water partition coefficient (Wildman–Crippen LogP) is 6.36. The van der Waals surface area contributed by atoms with Gasteiger partial charge in [0, 0.05) is 56.9 Å². The number of H-pyrrole nitrogens is 1. The Bertz CT molecular complexity index is 2040. The van der Waals surface area contributed by atoms with E-state index in [-0.39, 0.29) is 36.2 Å². The van der Waals surface area contributed by atoms with Crippen LogP contribution in [0.4, 0.5) is 4.79 Å². The van der Waals surface area contributed by atoms with Crippen molar-refractivity contribution in [3.63, 3.8) is 0 Å². The second kappa shape index (κ2) is 15.0. The number of aryl methyl sites for hydroxylation is 1. The Labute approximate surface area is 290 Å². The third kappa shape index (κ3) is 8.30. The minimum atomic E-state index is -1.20. The lowest BCUT2D eigenvalue weighted by Gasteiger charge is -2.32. The molecular weight excluding hydrogens is 657 g/mol. The number of aromatic amines is 1. The van der Waals surface area contributed by atoms with Crippen molar-refractivity contribution < 1.29 is 28.3 Å². The number of pyridine rings is 1. The summed E-state index contributed by atoms with van der Waals surface area (Å²) in [6, 6.07) is 14.7. The molecule has 1 amide bonds. The molecular formula is C36H44N6O7Si. The molecule has 0 spiro atoms. The van der Waals surface area contributed by atoms with Crippen LogP contribution in [0.25, 0.3) is 21.8 Å². The quantitative estimate of drug-likeness (QED) is 0.0884. The molecule has 264 valence electrons. The first kappa shape index (κ1) is 35.0. The van der Waals surface area contributed by atoms with Gasteiger partial charge in [-0.15, -0.1) is 0 Å². The summed E-state index contributed by atoms with van der Waals surface area (Å²) in [5.41, 5.74) is 4.08. The number of fused-ring (bicyclic) bond motifs is 2. The number of aromatic nitrogens is 5. The molecule has 2 aromatic carbocycles. The summed E-state index contributed by atoms with van der Waals surface area (Å²) in [7, 11) is -1.20. The summed E-state index contributed by atoms with van der Waals surface area (Å²) >= 11 is 0. The SMILES string of the molecule is CCOC(=O)c1noc(C(Cc2cc(C)c3nn(COCC[Si](C)(C)C)cc3c2)OC(=O)N2CCC(c3cc4ccccc4[nH]c3=O)CC2)n1. The standard InChI is InChI=1S/C36H44N6O7Si/c1-6-47-35(44)32-38-34(49-40-32)30(19-24-17-23(2)31-27(18-24)21-42(39-31)22-46-15-16-50(3,4)5)48-36(45)41-13-11-25(12-14-41)28-20-26-9-7-8-10-29(26)37-33(28)43/h7-10,17-18,20-21,25,30H,6,11-16,19,22H2,1-5H3,(H,37,43). The number of carbonyl (C=O) groups excluding carboxylic acids is 2. The number of benzene rings is 2. The third-order valence-electron chi connectivity index (χ3n) is 8.94. The number of esters is 1. The maximum absolute atomic E-state index is 13.6. The minimum Gasteiger partial charge on any atom is -0.460 e. The second-order valence-electron chi connectivity index (χ2n) is 14.0. The molecule has 0 saturated carbocycles. The average Bonchev–Trinajstić information content (AvgIpc) is 3.74. The van der Waals surface area contributed by atoms with Crippen molar-refractivity contribution >= 4 is 41.9 Å². The largest absolute Gasteiger partial charge is 0.460 e. The molecule has 1 saturated heterocycles. The molecule has 13 nitrogen and oxygen atoms in total. The monoisotopic (exact) mass is 700 g/mol. The third-order valence-corrected chi connectivity index (χ3v) is 10.6. The zero-order valence-electron chi connectivity index (χ0n) is 29.2. The summed E-state index contributed by atoms with van der Waals surface area (Å²) in [5, 5.41) is 10.4. The number of hydrogen-bond acceptors (Lipinski definition) is 10. The van der Waals surface area contributed by atoms with Crippen LogP contribution in [0.2, 0.25) is 25.7 Å². The molecule has 50 heavy (non-hydrogen) atoms. The van der Waals surface area contributed by atoms with Crippen LogP contribution in [0, 0.1) is 6.92 Å². The highest BCUT2D eigenvalue weighted by Gasteiger charge is 2.31. The molecule has 6 rings (SSSR count). The highest BCUT2D eigenvalue weighted by atomic mass is 28.3. The van der Waals surface area contributed by atoms with Crippen LogP contribution in [0.15, 0.2) is 58.0 Å². The van der Waals surface area contributed by atoms with E-state index in [9.17, 15) is 14.4 Å². The number of para-hydroxylation sites is 1. The molecule has 1 atom stereocenters. The molecule has 1 N–H and O–H groups in total. The number of ether oxygens (including phenoxy) is 3. The van der Waals surface area contributed by atoms with Gasteiger partial charge in [0.1, 0.15) is 6.73 Å². The van der Waals surface area contributed by atoms with E-state index in [4.69, 9.17) is 23.8 Å². The van der Waals surface area contributed by atoms with Crippen LogP contribution in [0.5, 0.6) is 0 Å². The maximum Gasteiger partial charge on any atom is 0.410 e. The van der Waals surface area contributed by atoms with E-state index in [1.807, 2.05) is 55.6 Å². The second-order valence-corrected chi connectivity index (χ2v) is 19.6. The average molecular weight is 701 g/mol. The van der Waals surface area contributed by atoms with Gasteiger partial charge in [-0.25, -0.2) is 14.3 Å². The van der Waals surface area contributed by atoms with Gasteiger partial charge in [-0.2, -0.15) is 10.1 Å². The smallest absolute Gasteiger partial charge is 0.410 e. The van der Waals surface area contributed by atoms with Gasteiger partial charge in [0.2, 0.25) is 0 Å². The Morgan fingerprint density at radius 1 is 1.10 bits per heavy atom. The number of carbonyl (C=O) groups is 2. The number of amides is 1. The van der Waals surface area contributed by atoms with Crippen LogP contribution in [-0.2, 0) is 27.4 Å². The number of hydrogen-bond donors (Lipinski definition) is 1. The first-order valence-electron chi connectivity index (χ1n) is 17.1. The van der Waals surface area contributed by atoms with Crippen molar-refractivity contribution in [2.24, 2.45) is 0 Å². The Morgan fingerprint density at radius 3 is 2.64 bits per heavy atom. The number of nitrogens with zero attached hydrogens (tertiary/aromatic N) is 5. The van der Waals surface area contributed by atoms with Crippen LogP contribution in [-0.4, -0.2) is 76.2 Å². The van der Waals surface area contributed by atoms with Gasteiger partial charge in [0.15, 0.2) is 6.10 Å². The number of nitrogens with one attached hydrogen (secondary N) is 1. The van der Waals surface area contributed by atoms with Gasteiger partial charge < -0.3 is 28.6 Å². The van der Waals surface area contributed by atoms with Gasteiger partial charge in [-0.1, -0.05) is 43.9 Å². The van der Waals surface area contributed by atoms with Crippen LogP contribution >= 0.6 is 0 Å². The molecule has 5 aromatic rings. The highest BCUT2D eigenvalue weighted by molar-refractivity contribution is 6.76. The van der Waals surface area contributed by atoms with E-state index < -0.39 is 26.2 Å².